The number of amides is 1. The van der Waals surface area contributed by atoms with Crippen molar-refractivity contribution < 1.29 is 17.9 Å². The number of nitriles is 1. The molecule has 3 aromatic carbocycles. The van der Waals surface area contributed by atoms with Gasteiger partial charge in [-0.3, -0.25) is 4.79 Å². The van der Waals surface area contributed by atoms with Gasteiger partial charge in [-0.1, -0.05) is 29.8 Å². The van der Waals surface area contributed by atoms with E-state index in [1.54, 1.807) is 47.4 Å². The Balaban J connectivity index is 1.54. The first-order valence-electron chi connectivity index (χ1n) is 10.1. The Morgan fingerprint density at radius 1 is 1.12 bits per heavy atom. The summed E-state index contributed by atoms with van der Waals surface area (Å²) in [6.45, 7) is 0.664. The summed E-state index contributed by atoms with van der Waals surface area (Å²) in [5.74, 6) is 0.369. The third-order valence-electron chi connectivity index (χ3n) is 5.47. The topological polar surface area (TPSA) is 113 Å². The number of carbonyl (C=O) groups excluding carboxylic acids is 1. The molecule has 1 saturated heterocycles. The summed E-state index contributed by atoms with van der Waals surface area (Å²) in [7, 11) is -3.80. The maximum Gasteiger partial charge on any atom is 0.238 e. The summed E-state index contributed by atoms with van der Waals surface area (Å²) in [6.07, 6.45) is 0.277. The monoisotopic (exact) mass is 481 g/mol. The predicted octanol–water partition coefficient (Wildman–Crippen LogP) is 3.96. The summed E-state index contributed by atoms with van der Waals surface area (Å²) < 4.78 is 29.0. The molecule has 1 amide bonds. The fourth-order valence-electron chi connectivity index (χ4n) is 3.84. The number of sulfonamides is 1. The number of carbonyl (C=O) groups is 1. The van der Waals surface area contributed by atoms with Crippen LogP contribution in [0, 0.1) is 11.3 Å². The number of hydrogen-bond donors (Lipinski definition) is 1. The number of benzene rings is 3. The molecule has 0 saturated carbocycles. The van der Waals surface area contributed by atoms with Gasteiger partial charge in [0.1, 0.15) is 12.4 Å². The van der Waals surface area contributed by atoms with Gasteiger partial charge < -0.3 is 9.64 Å². The molecule has 0 radical (unpaired) electrons. The maximum atomic E-state index is 12.8. The molecule has 3 aromatic rings. The predicted molar refractivity (Wildman–Crippen MR) is 124 cm³/mol. The van der Waals surface area contributed by atoms with Gasteiger partial charge in [0.25, 0.3) is 0 Å². The van der Waals surface area contributed by atoms with Crippen molar-refractivity contribution in [2.75, 3.05) is 11.4 Å². The number of nitrogens with zero attached hydrogens (tertiary/aromatic N) is 2. The van der Waals surface area contributed by atoms with Crippen LogP contribution in [0.4, 0.5) is 5.69 Å². The van der Waals surface area contributed by atoms with Gasteiger partial charge in [-0.25, -0.2) is 13.6 Å². The first kappa shape index (κ1) is 22.8. The molecule has 9 heteroatoms. The zero-order chi connectivity index (χ0) is 23.6. The van der Waals surface area contributed by atoms with E-state index in [9.17, 15) is 13.2 Å². The molecule has 0 spiro atoms. The molecule has 0 aromatic heterocycles. The Labute approximate surface area is 197 Å². The van der Waals surface area contributed by atoms with Crippen molar-refractivity contribution in [1.82, 2.24) is 0 Å². The smallest absolute Gasteiger partial charge is 0.238 e. The van der Waals surface area contributed by atoms with Crippen LogP contribution in [0.2, 0.25) is 5.02 Å². The maximum absolute atomic E-state index is 12.8. The summed E-state index contributed by atoms with van der Waals surface area (Å²) >= 11 is 6.20. The van der Waals surface area contributed by atoms with E-state index in [1.807, 2.05) is 12.1 Å². The highest BCUT2D eigenvalue weighted by atomic mass is 35.5. The second kappa shape index (κ2) is 9.24. The normalized spacial score (nSPS) is 16.0. The van der Waals surface area contributed by atoms with Gasteiger partial charge in [0.2, 0.25) is 15.9 Å². The van der Waals surface area contributed by atoms with Crippen LogP contribution in [-0.2, 0) is 21.4 Å². The molecule has 7 nitrogen and oxygen atoms in total. The zero-order valence-electron chi connectivity index (χ0n) is 17.4. The SMILES string of the molecule is N#Cc1cccc(COc2cc(Cl)ccc2C2CC(=O)N(c3ccc(S(N)(=O)=O)cc3)C2)c1. The van der Waals surface area contributed by atoms with Gasteiger partial charge in [0.15, 0.2) is 0 Å². The fraction of sp³-hybridized carbons (Fsp3) is 0.167. The molecule has 1 unspecified atom stereocenters. The van der Waals surface area contributed by atoms with Crippen LogP contribution >= 0.6 is 11.6 Å². The number of hydrogen-bond acceptors (Lipinski definition) is 5. The van der Waals surface area contributed by atoms with Crippen LogP contribution in [0.25, 0.3) is 0 Å². The lowest BCUT2D eigenvalue weighted by molar-refractivity contribution is -0.117. The van der Waals surface area contributed by atoms with E-state index in [0.717, 1.165) is 11.1 Å². The van der Waals surface area contributed by atoms with E-state index in [2.05, 4.69) is 6.07 Å². The minimum absolute atomic E-state index is 0.0108. The third kappa shape index (κ3) is 5.17. The number of rotatable bonds is 6. The van der Waals surface area contributed by atoms with E-state index in [1.165, 1.54) is 12.1 Å². The zero-order valence-corrected chi connectivity index (χ0v) is 19.0. The summed E-state index contributed by atoms with van der Waals surface area (Å²) in [5, 5.41) is 14.8. The van der Waals surface area contributed by atoms with Crippen molar-refractivity contribution in [3.63, 3.8) is 0 Å². The van der Waals surface area contributed by atoms with Gasteiger partial charge >= 0.3 is 0 Å². The van der Waals surface area contributed by atoms with Gasteiger partial charge in [-0.15, -0.1) is 0 Å². The molecule has 33 heavy (non-hydrogen) atoms. The molecular weight excluding hydrogens is 462 g/mol. The van der Waals surface area contributed by atoms with Crippen molar-refractivity contribution >= 4 is 33.2 Å². The molecule has 1 aliphatic heterocycles. The van der Waals surface area contributed by atoms with Crippen LogP contribution in [0.3, 0.4) is 0 Å². The van der Waals surface area contributed by atoms with E-state index in [4.69, 9.17) is 26.7 Å². The Bertz CT molecular complexity index is 1350. The third-order valence-corrected chi connectivity index (χ3v) is 6.63. The molecule has 0 aliphatic carbocycles. The highest BCUT2D eigenvalue weighted by Gasteiger charge is 2.33. The van der Waals surface area contributed by atoms with Crippen LogP contribution in [0.5, 0.6) is 5.75 Å². The van der Waals surface area contributed by atoms with Crippen LogP contribution in [0.15, 0.2) is 71.6 Å². The molecule has 1 aliphatic rings. The molecule has 1 heterocycles. The van der Waals surface area contributed by atoms with E-state index >= 15 is 0 Å². The van der Waals surface area contributed by atoms with Crippen molar-refractivity contribution in [2.45, 2.75) is 23.8 Å². The fourth-order valence-corrected chi connectivity index (χ4v) is 4.52. The molecule has 4 rings (SSSR count). The van der Waals surface area contributed by atoms with E-state index in [-0.39, 0.29) is 29.7 Å². The van der Waals surface area contributed by atoms with Crippen LogP contribution in [0.1, 0.15) is 29.0 Å². The largest absolute Gasteiger partial charge is 0.489 e. The summed E-state index contributed by atoms with van der Waals surface area (Å²) in [6, 6.07) is 20.5. The van der Waals surface area contributed by atoms with E-state index < -0.39 is 10.0 Å². The molecule has 2 N–H and O–H groups in total. The average molecular weight is 482 g/mol. The minimum atomic E-state index is -3.80. The number of anilines is 1. The first-order valence-corrected chi connectivity index (χ1v) is 12.0. The number of halogens is 1. The lowest BCUT2D eigenvalue weighted by Gasteiger charge is -2.19. The Morgan fingerprint density at radius 2 is 1.88 bits per heavy atom. The lowest BCUT2D eigenvalue weighted by Crippen LogP contribution is -2.24. The molecule has 1 atom stereocenters. The highest BCUT2D eigenvalue weighted by Crippen LogP contribution is 2.38. The van der Waals surface area contributed by atoms with Gasteiger partial charge in [-0.05, 0) is 59.7 Å². The molecular formula is C24H20ClN3O4S. The van der Waals surface area contributed by atoms with Crippen LogP contribution < -0.4 is 14.8 Å². The Kier molecular flexibility index (Phi) is 6.38. The number of primary sulfonamides is 1. The quantitative estimate of drug-likeness (QED) is 0.572. The molecule has 1 fully saturated rings. The highest BCUT2D eigenvalue weighted by molar-refractivity contribution is 7.89. The van der Waals surface area contributed by atoms with Gasteiger partial charge in [0, 0.05) is 29.6 Å². The number of ether oxygens (including phenoxy) is 1. The second-order valence-corrected chi connectivity index (χ2v) is 9.73. The van der Waals surface area contributed by atoms with Crippen molar-refractivity contribution in [3.8, 4) is 11.8 Å². The average Bonchev–Trinajstić information content (AvgIpc) is 3.18. The van der Waals surface area contributed by atoms with Crippen molar-refractivity contribution in [1.29, 1.82) is 5.26 Å². The second-order valence-electron chi connectivity index (χ2n) is 7.73. The molecule has 168 valence electrons. The van der Waals surface area contributed by atoms with Gasteiger partial charge in [0.05, 0.1) is 16.5 Å². The Morgan fingerprint density at radius 3 is 2.58 bits per heavy atom. The molecule has 0 bridgehead atoms. The van der Waals surface area contributed by atoms with Crippen LogP contribution in [-0.4, -0.2) is 20.9 Å². The number of nitrogens with two attached hydrogens (primary N) is 1. The summed E-state index contributed by atoms with van der Waals surface area (Å²) in [4.78, 5) is 14.4. The minimum Gasteiger partial charge on any atom is -0.489 e. The van der Waals surface area contributed by atoms with Crippen molar-refractivity contribution in [3.05, 3.63) is 88.4 Å². The Hall–Kier alpha value is -3.38. The van der Waals surface area contributed by atoms with E-state index in [0.29, 0.717) is 28.6 Å². The lowest BCUT2D eigenvalue weighted by atomic mass is 9.97. The summed E-state index contributed by atoms with van der Waals surface area (Å²) in [5.41, 5.74) is 2.85. The standard InChI is InChI=1S/C24H20ClN3O4S/c25-19-4-9-22(23(12-19)32-15-17-3-1-2-16(10-17)13-26)18-11-24(29)28(14-18)20-5-7-21(8-6-20)33(27,30)31/h1-10,12,18H,11,14-15H2,(H2,27,30,31). The first-order chi connectivity index (χ1) is 15.7. The van der Waals surface area contributed by atoms with Crippen molar-refractivity contribution in [2.24, 2.45) is 5.14 Å². The van der Waals surface area contributed by atoms with Gasteiger partial charge in [-0.2, -0.15) is 5.26 Å².